The lowest BCUT2D eigenvalue weighted by Crippen LogP contribution is -2.32. The van der Waals surface area contributed by atoms with Crippen molar-refractivity contribution in [3.05, 3.63) is 63.6 Å². The highest BCUT2D eigenvalue weighted by molar-refractivity contribution is 5.94. The number of nitrogens with one attached hydrogen (secondary N) is 3. The monoisotopic (exact) mass is 328 g/mol. The quantitative estimate of drug-likeness (QED) is 0.742. The number of carbonyl (C=O) groups is 2. The summed E-state index contributed by atoms with van der Waals surface area (Å²) in [4.78, 5) is 35.0. The fourth-order valence-corrected chi connectivity index (χ4v) is 1.98. The third kappa shape index (κ3) is 4.77. The van der Waals surface area contributed by atoms with Crippen LogP contribution in [0.25, 0.3) is 0 Å². The summed E-state index contributed by atoms with van der Waals surface area (Å²) in [5, 5.41) is 11.5. The van der Waals surface area contributed by atoms with E-state index in [1.807, 2.05) is 19.9 Å². The molecule has 0 aliphatic rings. The lowest BCUT2D eigenvalue weighted by molar-refractivity contribution is 0.0935. The number of amides is 2. The fraction of sp³-hybridized carbons (Fsp3) is 0.294. The second-order valence-electron chi connectivity index (χ2n) is 5.47. The van der Waals surface area contributed by atoms with Crippen molar-refractivity contribution in [2.45, 2.75) is 32.9 Å². The summed E-state index contributed by atoms with van der Waals surface area (Å²) in [6.07, 6.45) is 0.855. The summed E-state index contributed by atoms with van der Waals surface area (Å²) in [5.41, 5.74) is 1.10. The Hall–Kier alpha value is -2.96. The molecule has 0 saturated heterocycles. The van der Waals surface area contributed by atoms with Crippen molar-refractivity contribution in [1.29, 1.82) is 0 Å². The van der Waals surface area contributed by atoms with Crippen LogP contribution in [-0.2, 0) is 6.54 Å². The molecule has 0 aliphatic heterocycles. The molecular formula is C17H20N4O3. The van der Waals surface area contributed by atoms with Gasteiger partial charge in [0.1, 0.15) is 5.69 Å². The Kier molecular flexibility index (Phi) is 5.83. The summed E-state index contributed by atoms with van der Waals surface area (Å²) in [5.74, 6) is -0.541. The molecule has 0 radical (unpaired) electrons. The van der Waals surface area contributed by atoms with Crippen molar-refractivity contribution in [3.63, 3.8) is 0 Å². The molecule has 2 aromatic rings. The van der Waals surface area contributed by atoms with E-state index >= 15 is 0 Å². The van der Waals surface area contributed by atoms with Crippen LogP contribution in [0.3, 0.4) is 0 Å². The number of nitrogens with zero attached hydrogens (tertiary/aromatic N) is 1. The maximum atomic E-state index is 12.1. The normalized spacial score (nSPS) is 11.6. The highest BCUT2D eigenvalue weighted by Gasteiger charge is 2.10. The van der Waals surface area contributed by atoms with Gasteiger partial charge in [0.2, 0.25) is 0 Å². The van der Waals surface area contributed by atoms with Crippen LogP contribution < -0.4 is 16.2 Å². The second-order valence-corrected chi connectivity index (χ2v) is 5.47. The largest absolute Gasteiger partial charge is 0.350 e. The molecule has 1 aromatic carbocycles. The summed E-state index contributed by atoms with van der Waals surface area (Å²) < 4.78 is 0. The number of aromatic nitrogens is 2. The van der Waals surface area contributed by atoms with Crippen molar-refractivity contribution >= 4 is 11.8 Å². The average Bonchev–Trinajstić information content (AvgIpc) is 2.60. The molecule has 0 bridgehead atoms. The highest BCUT2D eigenvalue weighted by atomic mass is 16.2. The number of rotatable bonds is 6. The average molecular weight is 328 g/mol. The van der Waals surface area contributed by atoms with E-state index in [0.717, 1.165) is 12.0 Å². The zero-order valence-electron chi connectivity index (χ0n) is 13.6. The maximum absolute atomic E-state index is 12.1. The highest BCUT2D eigenvalue weighted by Crippen LogP contribution is 2.06. The van der Waals surface area contributed by atoms with Gasteiger partial charge in [-0.05, 0) is 37.1 Å². The Labute approximate surface area is 139 Å². The van der Waals surface area contributed by atoms with E-state index in [1.54, 1.807) is 18.2 Å². The summed E-state index contributed by atoms with van der Waals surface area (Å²) >= 11 is 0. The van der Waals surface area contributed by atoms with Crippen molar-refractivity contribution in [1.82, 2.24) is 20.8 Å². The van der Waals surface area contributed by atoms with Gasteiger partial charge >= 0.3 is 0 Å². The Balaban J connectivity index is 1.99. The van der Waals surface area contributed by atoms with Crippen LogP contribution in [-0.4, -0.2) is 28.1 Å². The third-order valence-electron chi connectivity index (χ3n) is 3.54. The SMILES string of the molecule is CC[C@H](C)NC(=O)c1cccc(CNC(=O)c2ccc(=O)[nH]n2)c1. The summed E-state index contributed by atoms with van der Waals surface area (Å²) in [7, 11) is 0. The summed E-state index contributed by atoms with van der Waals surface area (Å²) in [6.45, 7) is 4.20. The van der Waals surface area contributed by atoms with Gasteiger partial charge in [-0.1, -0.05) is 19.1 Å². The van der Waals surface area contributed by atoms with E-state index in [-0.39, 0.29) is 29.7 Å². The van der Waals surface area contributed by atoms with Crippen LogP contribution in [0.1, 0.15) is 46.7 Å². The van der Waals surface area contributed by atoms with E-state index in [0.29, 0.717) is 5.56 Å². The van der Waals surface area contributed by atoms with E-state index in [1.165, 1.54) is 12.1 Å². The van der Waals surface area contributed by atoms with Gasteiger partial charge in [0.15, 0.2) is 0 Å². The molecule has 1 aromatic heterocycles. The van der Waals surface area contributed by atoms with Crippen LogP contribution in [0.2, 0.25) is 0 Å². The fourth-order valence-electron chi connectivity index (χ4n) is 1.98. The van der Waals surface area contributed by atoms with Gasteiger partial charge in [0.05, 0.1) is 0 Å². The first kappa shape index (κ1) is 17.4. The number of hydrogen-bond donors (Lipinski definition) is 3. The first-order valence-electron chi connectivity index (χ1n) is 7.73. The number of aromatic amines is 1. The molecule has 2 amide bonds. The predicted molar refractivity (Wildman–Crippen MR) is 89.7 cm³/mol. The number of benzene rings is 1. The van der Waals surface area contributed by atoms with Crippen molar-refractivity contribution < 1.29 is 9.59 Å². The van der Waals surface area contributed by atoms with Crippen LogP contribution >= 0.6 is 0 Å². The number of carbonyl (C=O) groups excluding carboxylic acids is 2. The lowest BCUT2D eigenvalue weighted by atomic mass is 10.1. The van der Waals surface area contributed by atoms with Gasteiger partial charge in [0.25, 0.3) is 17.4 Å². The molecule has 1 heterocycles. The molecule has 7 heteroatoms. The first-order valence-corrected chi connectivity index (χ1v) is 7.73. The topological polar surface area (TPSA) is 104 Å². The predicted octanol–water partition coefficient (Wildman–Crippen LogP) is 1.23. The van der Waals surface area contributed by atoms with Crippen molar-refractivity contribution in [3.8, 4) is 0 Å². The van der Waals surface area contributed by atoms with Crippen LogP contribution in [0.15, 0.2) is 41.2 Å². The standard InChI is InChI=1S/C17H20N4O3/c1-3-11(2)19-16(23)13-6-4-5-12(9-13)10-18-17(24)14-7-8-15(22)21-20-14/h4-9,11H,3,10H2,1-2H3,(H,18,24)(H,19,23)(H,21,22)/t11-/m0/s1. The molecule has 2 rings (SSSR count). The molecule has 0 saturated carbocycles. The van der Waals surface area contributed by atoms with E-state index in [9.17, 15) is 14.4 Å². The van der Waals surface area contributed by atoms with Crippen molar-refractivity contribution in [2.24, 2.45) is 0 Å². The molecule has 0 unspecified atom stereocenters. The van der Waals surface area contributed by atoms with Gasteiger partial charge < -0.3 is 10.6 Å². The van der Waals surface area contributed by atoms with Crippen molar-refractivity contribution in [2.75, 3.05) is 0 Å². The van der Waals surface area contributed by atoms with E-state index in [2.05, 4.69) is 20.8 Å². The van der Waals surface area contributed by atoms with Gasteiger partial charge in [-0.2, -0.15) is 5.10 Å². The van der Waals surface area contributed by atoms with Crippen LogP contribution in [0, 0.1) is 0 Å². The Morgan fingerprint density at radius 2 is 2.00 bits per heavy atom. The third-order valence-corrected chi connectivity index (χ3v) is 3.54. The van der Waals surface area contributed by atoms with Gasteiger partial charge in [-0.15, -0.1) is 0 Å². The van der Waals surface area contributed by atoms with Crippen LogP contribution in [0.5, 0.6) is 0 Å². The molecular weight excluding hydrogens is 308 g/mol. The molecule has 7 nitrogen and oxygen atoms in total. The van der Waals surface area contributed by atoms with Gasteiger partial charge in [-0.25, -0.2) is 5.10 Å². The first-order chi connectivity index (χ1) is 11.5. The van der Waals surface area contributed by atoms with E-state index in [4.69, 9.17) is 0 Å². The Morgan fingerprint density at radius 3 is 2.67 bits per heavy atom. The zero-order valence-corrected chi connectivity index (χ0v) is 13.6. The molecule has 0 aliphatic carbocycles. The van der Waals surface area contributed by atoms with Crippen LogP contribution in [0.4, 0.5) is 0 Å². The zero-order chi connectivity index (χ0) is 17.5. The molecule has 126 valence electrons. The molecule has 0 spiro atoms. The second kappa shape index (κ2) is 8.05. The molecule has 0 fully saturated rings. The molecule has 1 atom stereocenters. The minimum Gasteiger partial charge on any atom is -0.350 e. The van der Waals surface area contributed by atoms with Gasteiger partial charge in [0, 0.05) is 24.2 Å². The Bertz CT molecular complexity index is 765. The maximum Gasteiger partial charge on any atom is 0.271 e. The smallest absolute Gasteiger partial charge is 0.271 e. The molecule has 3 N–H and O–H groups in total. The lowest BCUT2D eigenvalue weighted by Gasteiger charge is -2.12. The Morgan fingerprint density at radius 1 is 1.21 bits per heavy atom. The summed E-state index contributed by atoms with van der Waals surface area (Å²) in [6, 6.07) is 9.75. The number of hydrogen-bond acceptors (Lipinski definition) is 4. The minimum absolute atomic E-state index is 0.104. The molecule has 24 heavy (non-hydrogen) atoms. The van der Waals surface area contributed by atoms with E-state index < -0.39 is 5.91 Å². The minimum atomic E-state index is -0.402. The number of H-pyrrole nitrogens is 1. The van der Waals surface area contributed by atoms with Gasteiger partial charge in [-0.3, -0.25) is 14.4 Å².